The monoisotopic (exact) mass is 328 g/mol. The van der Waals surface area contributed by atoms with Crippen molar-refractivity contribution in [3.8, 4) is 0 Å². The molecule has 1 spiro atoms. The fourth-order valence-electron chi connectivity index (χ4n) is 4.54. The van der Waals surface area contributed by atoms with Gasteiger partial charge in [0.1, 0.15) is 17.8 Å². The van der Waals surface area contributed by atoms with Gasteiger partial charge in [-0.3, -0.25) is 4.79 Å². The van der Waals surface area contributed by atoms with E-state index in [1.54, 1.807) is 6.33 Å². The van der Waals surface area contributed by atoms with E-state index in [-0.39, 0.29) is 18.0 Å². The van der Waals surface area contributed by atoms with Crippen LogP contribution in [0.4, 0.5) is 5.82 Å². The first-order valence-electron chi connectivity index (χ1n) is 8.69. The van der Waals surface area contributed by atoms with Crippen LogP contribution in [0.15, 0.2) is 18.6 Å². The Bertz CT molecular complexity index is 758. The summed E-state index contributed by atoms with van der Waals surface area (Å²) in [5, 5.41) is 1.04. The minimum atomic E-state index is -0.123. The third-order valence-electron chi connectivity index (χ3n) is 5.85. The van der Waals surface area contributed by atoms with Crippen molar-refractivity contribution in [2.45, 2.75) is 31.7 Å². The molecule has 2 aromatic rings. The maximum Gasteiger partial charge on any atom is 0.236 e. The fourth-order valence-corrected chi connectivity index (χ4v) is 4.54. The first kappa shape index (κ1) is 15.4. The Morgan fingerprint density at radius 2 is 2.33 bits per heavy atom. The van der Waals surface area contributed by atoms with Crippen molar-refractivity contribution < 1.29 is 4.79 Å². The number of aromatic nitrogens is 3. The molecule has 1 amide bonds. The predicted molar refractivity (Wildman–Crippen MR) is 92.6 cm³/mol. The standard InChI is InChI=1S/C17H24N6O/c1-12-4-8-23(14(24)9-18)17(12)5-2-7-22(10-17)16-13-3-6-19-15(13)20-11-21-16/h3,6,11-12H,2,4-5,7-10,18H2,1H3,(H,19,20,21). The van der Waals surface area contributed by atoms with E-state index < -0.39 is 0 Å². The van der Waals surface area contributed by atoms with E-state index in [9.17, 15) is 4.79 Å². The molecule has 2 saturated heterocycles. The molecule has 2 fully saturated rings. The fraction of sp³-hybridized carbons (Fsp3) is 0.588. The van der Waals surface area contributed by atoms with Gasteiger partial charge in [-0.2, -0.15) is 0 Å². The van der Waals surface area contributed by atoms with Crippen LogP contribution in [0.2, 0.25) is 0 Å². The topological polar surface area (TPSA) is 91.1 Å². The van der Waals surface area contributed by atoms with Gasteiger partial charge >= 0.3 is 0 Å². The number of aromatic amines is 1. The molecule has 2 unspecified atom stereocenters. The van der Waals surface area contributed by atoms with Gasteiger partial charge in [-0.1, -0.05) is 6.92 Å². The van der Waals surface area contributed by atoms with Crippen molar-refractivity contribution in [3.05, 3.63) is 18.6 Å². The summed E-state index contributed by atoms with van der Waals surface area (Å²) in [6, 6.07) is 2.02. The molecule has 0 aliphatic carbocycles. The van der Waals surface area contributed by atoms with Crippen LogP contribution in [-0.4, -0.2) is 57.5 Å². The van der Waals surface area contributed by atoms with Crippen LogP contribution in [0.25, 0.3) is 11.0 Å². The maximum atomic E-state index is 12.4. The van der Waals surface area contributed by atoms with Gasteiger partial charge in [0.25, 0.3) is 0 Å². The Balaban J connectivity index is 1.70. The van der Waals surface area contributed by atoms with Crippen LogP contribution >= 0.6 is 0 Å². The predicted octanol–water partition coefficient (Wildman–Crippen LogP) is 1.12. The van der Waals surface area contributed by atoms with Gasteiger partial charge in [0.2, 0.25) is 5.91 Å². The zero-order chi connectivity index (χ0) is 16.7. The van der Waals surface area contributed by atoms with Gasteiger partial charge < -0.3 is 20.5 Å². The van der Waals surface area contributed by atoms with Gasteiger partial charge in [-0.15, -0.1) is 0 Å². The molecule has 7 heteroatoms. The Hall–Kier alpha value is -2.15. The van der Waals surface area contributed by atoms with Crippen LogP contribution in [0, 0.1) is 5.92 Å². The average molecular weight is 328 g/mol. The molecule has 0 radical (unpaired) electrons. The Labute approximate surface area is 141 Å². The lowest BCUT2D eigenvalue weighted by molar-refractivity contribution is -0.135. The lowest BCUT2D eigenvalue weighted by Gasteiger charge is -2.48. The Morgan fingerprint density at radius 3 is 3.17 bits per heavy atom. The first-order valence-corrected chi connectivity index (χ1v) is 8.69. The number of likely N-dealkylation sites (tertiary alicyclic amines) is 1. The molecule has 4 rings (SSSR count). The van der Waals surface area contributed by atoms with Gasteiger partial charge in [0.05, 0.1) is 17.5 Å². The minimum absolute atomic E-state index is 0.0654. The van der Waals surface area contributed by atoms with Crippen molar-refractivity contribution in [3.63, 3.8) is 0 Å². The van der Waals surface area contributed by atoms with E-state index in [0.29, 0.717) is 5.92 Å². The number of piperidine rings is 1. The molecule has 0 saturated carbocycles. The van der Waals surface area contributed by atoms with E-state index in [0.717, 1.165) is 55.7 Å². The number of hydrogen-bond donors (Lipinski definition) is 2. The van der Waals surface area contributed by atoms with Crippen LogP contribution in [0.3, 0.4) is 0 Å². The number of amides is 1. The highest BCUT2D eigenvalue weighted by atomic mass is 16.2. The second-order valence-corrected chi connectivity index (χ2v) is 7.01. The van der Waals surface area contributed by atoms with Crippen LogP contribution in [0.1, 0.15) is 26.2 Å². The second-order valence-electron chi connectivity index (χ2n) is 7.01. The average Bonchev–Trinajstić information content (AvgIpc) is 3.20. The number of H-pyrrole nitrogens is 1. The molecular weight excluding hydrogens is 304 g/mol. The summed E-state index contributed by atoms with van der Waals surface area (Å²) in [5.74, 6) is 1.50. The Morgan fingerprint density at radius 1 is 1.46 bits per heavy atom. The van der Waals surface area contributed by atoms with E-state index >= 15 is 0 Å². The molecule has 0 bridgehead atoms. The van der Waals surface area contributed by atoms with Crippen molar-refractivity contribution in [2.75, 3.05) is 31.1 Å². The molecule has 0 aromatic carbocycles. The highest BCUT2D eigenvalue weighted by Gasteiger charge is 2.50. The molecule has 2 aliphatic rings. The zero-order valence-corrected chi connectivity index (χ0v) is 14.0. The van der Waals surface area contributed by atoms with Crippen LogP contribution < -0.4 is 10.6 Å². The van der Waals surface area contributed by atoms with Gasteiger partial charge in [0, 0.05) is 25.8 Å². The number of nitrogens with zero attached hydrogens (tertiary/aromatic N) is 4. The molecule has 128 valence electrons. The lowest BCUT2D eigenvalue weighted by Crippen LogP contribution is -2.61. The number of rotatable bonds is 2. The first-order chi connectivity index (χ1) is 11.7. The van der Waals surface area contributed by atoms with Crippen LogP contribution in [0.5, 0.6) is 0 Å². The summed E-state index contributed by atoms with van der Waals surface area (Å²) in [6.07, 6.45) is 6.64. The summed E-state index contributed by atoms with van der Waals surface area (Å²) in [6.45, 7) is 4.94. The van der Waals surface area contributed by atoms with E-state index in [2.05, 4.69) is 26.8 Å². The van der Waals surface area contributed by atoms with Gasteiger partial charge in [-0.25, -0.2) is 9.97 Å². The van der Waals surface area contributed by atoms with Gasteiger partial charge in [-0.05, 0) is 31.2 Å². The smallest absolute Gasteiger partial charge is 0.236 e. The molecule has 3 N–H and O–H groups in total. The van der Waals surface area contributed by atoms with Gasteiger partial charge in [0.15, 0.2) is 0 Å². The normalized spacial score (nSPS) is 27.3. The number of anilines is 1. The molecule has 7 nitrogen and oxygen atoms in total. The number of fused-ring (bicyclic) bond motifs is 1. The highest BCUT2D eigenvalue weighted by molar-refractivity contribution is 5.87. The number of hydrogen-bond acceptors (Lipinski definition) is 5. The second kappa shape index (κ2) is 5.73. The molecular formula is C17H24N6O. The summed E-state index contributed by atoms with van der Waals surface area (Å²) < 4.78 is 0. The minimum Gasteiger partial charge on any atom is -0.354 e. The van der Waals surface area contributed by atoms with Crippen molar-refractivity contribution in [1.29, 1.82) is 0 Å². The highest BCUT2D eigenvalue weighted by Crippen LogP contribution is 2.42. The van der Waals surface area contributed by atoms with Crippen molar-refractivity contribution in [2.24, 2.45) is 11.7 Å². The molecule has 2 aliphatic heterocycles. The van der Waals surface area contributed by atoms with E-state index in [4.69, 9.17) is 5.73 Å². The van der Waals surface area contributed by atoms with E-state index in [1.807, 2.05) is 17.2 Å². The van der Waals surface area contributed by atoms with Crippen LogP contribution in [-0.2, 0) is 4.79 Å². The van der Waals surface area contributed by atoms with Crippen molar-refractivity contribution >= 4 is 22.8 Å². The number of carbonyl (C=O) groups is 1. The van der Waals surface area contributed by atoms with Crippen molar-refractivity contribution in [1.82, 2.24) is 19.9 Å². The third kappa shape index (κ3) is 2.18. The third-order valence-corrected chi connectivity index (χ3v) is 5.85. The number of nitrogens with one attached hydrogen (secondary N) is 1. The molecule has 4 heterocycles. The maximum absolute atomic E-state index is 12.4. The zero-order valence-electron chi connectivity index (χ0n) is 14.0. The van der Waals surface area contributed by atoms with E-state index in [1.165, 1.54) is 0 Å². The lowest BCUT2D eigenvalue weighted by atomic mass is 9.79. The summed E-state index contributed by atoms with van der Waals surface area (Å²) in [5.41, 5.74) is 6.40. The molecule has 24 heavy (non-hydrogen) atoms. The quantitative estimate of drug-likeness (QED) is 0.862. The molecule has 2 aromatic heterocycles. The molecule has 2 atom stereocenters. The Kier molecular flexibility index (Phi) is 3.68. The summed E-state index contributed by atoms with van der Waals surface area (Å²) in [4.78, 5) is 28.7. The SMILES string of the molecule is CC1CCN(C(=O)CN)C12CCCN(c1ncnc3[nH]ccc13)C2. The summed E-state index contributed by atoms with van der Waals surface area (Å²) in [7, 11) is 0. The largest absolute Gasteiger partial charge is 0.354 e. The number of carbonyl (C=O) groups excluding carboxylic acids is 1. The summed E-state index contributed by atoms with van der Waals surface area (Å²) >= 11 is 0. The number of nitrogens with two attached hydrogens (primary N) is 1.